The highest BCUT2D eigenvalue weighted by atomic mass is 16.6. The molecule has 1 saturated heterocycles. The zero-order valence-electron chi connectivity index (χ0n) is 16.5. The number of amides is 1. The van der Waals surface area contributed by atoms with Crippen LogP contribution in [0, 0.1) is 0 Å². The smallest absolute Gasteiger partial charge is 0.331 e. The Hall–Kier alpha value is -2.96. The third-order valence-electron chi connectivity index (χ3n) is 4.70. The molecule has 0 radical (unpaired) electrons. The van der Waals surface area contributed by atoms with E-state index in [1.807, 2.05) is 0 Å². The molecule has 30 heavy (non-hydrogen) atoms. The quantitative estimate of drug-likeness (QED) is 0.434. The van der Waals surface area contributed by atoms with Crippen molar-refractivity contribution in [3.8, 4) is 0 Å². The van der Waals surface area contributed by atoms with Crippen molar-refractivity contribution in [2.24, 2.45) is 0 Å². The summed E-state index contributed by atoms with van der Waals surface area (Å²) in [5.41, 5.74) is -1.88. The molecule has 3 N–H and O–H groups in total. The molecular weight excluding hydrogens is 400 g/mol. The first kappa shape index (κ1) is 21.7. The lowest BCUT2D eigenvalue weighted by Gasteiger charge is -2.26. The molecule has 0 spiro atoms. The van der Waals surface area contributed by atoms with E-state index < -0.39 is 36.0 Å². The Labute approximate surface area is 171 Å². The third kappa shape index (κ3) is 5.14. The van der Waals surface area contributed by atoms with Gasteiger partial charge in [-0.3, -0.25) is 28.8 Å². The monoisotopic (exact) mass is 424 g/mol. The van der Waals surface area contributed by atoms with E-state index in [-0.39, 0.29) is 23.5 Å². The molecule has 1 aromatic rings. The van der Waals surface area contributed by atoms with E-state index >= 15 is 0 Å². The minimum Gasteiger partial charge on any atom is -0.468 e. The molecule has 2 aliphatic heterocycles. The van der Waals surface area contributed by atoms with Crippen LogP contribution in [0.3, 0.4) is 0 Å². The van der Waals surface area contributed by atoms with Gasteiger partial charge in [-0.25, -0.2) is 4.79 Å². The van der Waals surface area contributed by atoms with Gasteiger partial charge in [-0.2, -0.15) is 0 Å². The average molecular weight is 424 g/mol. The molecule has 2 aliphatic rings. The Kier molecular flexibility index (Phi) is 7.03. The van der Waals surface area contributed by atoms with Crippen molar-refractivity contribution in [2.75, 3.05) is 46.0 Å². The zero-order chi connectivity index (χ0) is 21.7. The summed E-state index contributed by atoms with van der Waals surface area (Å²) >= 11 is 0. The molecule has 1 fully saturated rings. The van der Waals surface area contributed by atoms with Crippen LogP contribution in [-0.2, 0) is 19.0 Å². The molecule has 3 heterocycles. The molecule has 0 aromatic carbocycles. The minimum absolute atomic E-state index is 0.00446. The van der Waals surface area contributed by atoms with Gasteiger partial charge in [0, 0.05) is 39.3 Å². The average Bonchev–Trinajstić information content (AvgIpc) is 3.10. The summed E-state index contributed by atoms with van der Waals surface area (Å²) < 4.78 is 16.7. The Bertz CT molecular complexity index is 944. The fourth-order valence-corrected chi connectivity index (χ4v) is 3.21. The van der Waals surface area contributed by atoms with Gasteiger partial charge in [-0.15, -0.1) is 0 Å². The number of carbonyl (C=O) groups is 2. The number of ether oxygens (including phenoxy) is 3. The van der Waals surface area contributed by atoms with Gasteiger partial charge in [0.05, 0.1) is 19.6 Å². The number of nitrogens with one attached hydrogen (secondary N) is 2. The second-order valence-electron chi connectivity index (χ2n) is 6.79. The lowest BCUT2D eigenvalue weighted by Crippen LogP contribution is -2.43. The van der Waals surface area contributed by atoms with Crippen LogP contribution in [0.25, 0.3) is 0 Å². The SMILES string of the molecule is CC(=O)OC1=C(CO)O[C@@H](n2cc(C(=O)NCCN3CCOCC3)c(=O)[nH]c2=O)C1. The van der Waals surface area contributed by atoms with Crippen LogP contribution in [0.5, 0.6) is 0 Å². The molecule has 12 nitrogen and oxygen atoms in total. The van der Waals surface area contributed by atoms with Crippen molar-refractivity contribution in [1.82, 2.24) is 19.8 Å². The molecule has 0 unspecified atom stereocenters. The number of morpholine rings is 1. The van der Waals surface area contributed by atoms with Crippen LogP contribution in [0.4, 0.5) is 0 Å². The van der Waals surface area contributed by atoms with Crippen LogP contribution in [0.1, 0.15) is 29.9 Å². The van der Waals surface area contributed by atoms with E-state index in [4.69, 9.17) is 14.2 Å². The lowest BCUT2D eigenvalue weighted by atomic mass is 10.3. The normalized spacial score (nSPS) is 19.5. The summed E-state index contributed by atoms with van der Waals surface area (Å²) in [7, 11) is 0. The summed E-state index contributed by atoms with van der Waals surface area (Å²) in [6.07, 6.45) is 0.0898. The second-order valence-corrected chi connectivity index (χ2v) is 6.79. The molecule has 0 bridgehead atoms. The summed E-state index contributed by atoms with van der Waals surface area (Å²) in [6, 6.07) is 0. The number of aromatic nitrogens is 2. The van der Waals surface area contributed by atoms with Gasteiger partial charge in [-0.05, 0) is 0 Å². The number of hydrogen-bond acceptors (Lipinski definition) is 9. The second kappa shape index (κ2) is 9.69. The van der Waals surface area contributed by atoms with E-state index in [0.29, 0.717) is 26.3 Å². The number of carbonyl (C=O) groups excluding carboxylic acids is 2. The zero-order valence-corrected chi connectivity index (χ0v) is 16.5. The Morgan fingerprint density at radius 2 is 2.07 bits per heavy atom. The molecule has 3 rings (SSSR count). The summed E-state index contributed by atoms with van der Waals surface area (Å²) in [5.74, 6) is -1.14. The fourth-order valence-electron chi connectivity index (χ4n) is 3.21. The van der Waals surface area contributed by atoms with E-state index in [1.54, 1.807) is 0 Å². The summed E-state index contributed by atoms with van der Waals surface area (Å²) in [5, 5.41) is 12.0. The Balaban J connectivity index is 1.69. The van der Waals surface area contributed by atoms with Gasteiger partial charge in [0.15, 0.2) is 17.7 Å². The van der Waals surface area contributed by atoms with E-state index in [2.05, 4.69) is 15.2 Å². The van der Waals surface area contributed by atoms with Crippen LogP contribution in [0.2, 0.25) is 0 Å². The molecule has 0 saturated carbocycles. The first-order valence-electron chi connectivity index (χ1n) is 9.50. The number of esters is 1. The number of rotatable bonds is 7. The molecule has 0 aliphatic carbocycles. The van der Waals surface area contributed by atoms with Crippen LogP contribution < -0.4 is 16.6 Å². The first-order chi connectivity index (χ1) is 14.4. The summed E-state index contributed by atoms with van der Waals surface area (Å²) in [4.78, 5) is 52.2. The maximum atomic E-state index is 12.5. The summed E-state index contributed by atoms with van der Waals surface area (Å²) in [6.45, 7) is 4.40. The predicted octanol–water partition coefficient (Wildman–Crippen LogP) is -1.72. The molecular formula is C18H24N4O8. The number of nitrogens with zero attached hydrogens (tertiary/aromatic N) is 2. The third-order valence-corrected chi connectivity index (χ3v) is 4.70. The largest absolute Gasteiger partial charge is 0.468 e. The molecule has 1 amide bonds. The van der Waals surface area contributed by atoms with Crippen LogP contribution in [0.15, 0.2) is 27.3 Å². The van der Waals surface area contributed by atoms with Gasteiger partial charge in [0.2, 0.25) is 0 Å². The van der Waals surface area contributed by atoms with Crippen molar-refractivity contribution in [1.29, 1.82) is 0 Å². The standard InChI is InChI=1S/C18H24N4O8/c1-11(24)29-13-8-15(30-14(13)10-23)22-9-12(17(26)20-18(22)27)16(25)19-2-3-21-4-6-28-7-5-21/h9,15,23H,2-8,10H2,1H3,(H,19,25)(H,20,26,27)/t15-/m1/s1. The van der Waals surface area contributed by atoms with Crippen molar-refractivity contribution in [3.63, 3.8) is 0 Å². The highest BCUT2D eigenvalue weighted by Gasteiger charge is 2.30. The Morgan fingerprint density at radius 1 is 1.33 bits per heavy atom. The van der Waals surface area contributed by atoms with Crippen molar-refractivity contribution < 1.29 is 28.9 Å². The van der Waals surface area contributed by atoms with Gasteiger partial charge < -0.3 is 24.6 Å². The predicted molar refractivity (Wildman–Crippen MR) is 102 cm³/mol. The lowest BCUT2D eigenvalue weighted by molar-refractivity contribution is -0.137. The molecule has 1 atom stereocenters. The number of aliphatic hydroxyl groups is 1. The highest BCUT2D eigenvalue weighted by molar-refractivity contribution is 5.93. The van der Waals surface area contributed by atoms with Gasteiger partial charge >= 0.3 is 11.7 Å². The van der Waals surface area contributed by atoms with Gasteiger partial charge in [0.1, 0.15) is 12.2 Å². The number of aliphatic hydroxyl groups excluding tert-OH is 1. The van der Waals surface area contributed by atoms with Crippen molar-refractivity contribution in [3.05, 3.63) is 44.1 Å². The van der Waals surface area contributed by atoms with E-state index in [9.17, 15) is 24.3 Å². The maximum absolute atomic E-state index is 12.5. The number of H-pyrrole nitrogens is 1. The minimum atomic E-state index is -0.981. The Morgan fingerprint density at radius 3 is 2.73 bits per heavy atom. The van der Waals surface area contributed by atoms with E-state index in [1.165, 1.54) is 6.92 Å². The molecule has 12 heteroatoms. The first-order valence-corrected chi connectivity index (χ1v) is 9.50. The van der Waals surface area contributed by atoms with Crippen LogP contribution >= 0.6 is 0 Å². The highest BCUT2D eigenvalue weighted by Crippen LogP contribution is 2.31. The van der Waals surface area contributed by atoms with Gasteiger partial charge in [0.25, 0.3) is 11.5 Å². The van der Waals surface area contributed by atoms with Gasteiger partial charge in [-0.1, -0.05) is 0 Å². The fraction of sp³-hybridized carbons (Fsp3) is 0.556. The number of aromatic amines is 1. The maximum Gasteiger partial charge on any atom is 0.331 e. The van der Waals surface area contributed by atoms with Crippen LogP contribution in [-0.4, -0.2) is 77.4 Å². The molecule has 164 valence electrons. The van der Waals surface area contributed by atoms with Crippen molar-refractivity contribution >= 4 is 11.9 Å². The topological polar surface area (TPSA) is 152 Å². The van der Waals surface area contributed by atoms with Crippen molar-refractivity contribution in [2.45, 2.75) is 19.6 Å². The number of hydrogen-bond donors (Lipinski definition) is 3. The molecule has 1 aromatic heterocycles. The van der Waals surface area contributed by atoms with E-state index in [0.717, 1.165) is 23.9 Å².